The molecule has 0 rings (SSSR count). The second-order valence-corrected chi connectivity index (χ2v) is 2.95. The highest BCUT2D eigenvalue weighted by Crippen LogP contribution is 1.95. The maximum atomic E-state index is 10.8. The van der Waals surface area contributed by atoms with Gasteiger partial charge in [0.05, 0.1) is 13.0 Å². The first-order valence-corrected chi connectivity index (χ1v) is 4.46. The summed E-state index contributed by atoms with van der Waals surface area (Å²) in [5.41, 5.74) is 0.331. The predicted molar refractivity (Wildman–Crippen MR) is 48.9 cm³/mol. The molecule has 0 heterocycles. The lowest BCUT2D eigenvalue weighted by atomic mass is 10.3. The van der Waals surface area contributed by atoms with Crippen molar-refractivity contribution in [3.63, 3.8) is 0 Å². The summed E-state index contributed by atoms with van der Waals surface area (Å²) >= 11 is 5.43. The van der Waals surface area contributed by atoms with Crippen LogP contribution in [0.25, 0.3) is 0 Å². The number of carbonyl (C=O) groups excluding carboxylic acids is 1. The van der Waals surface area contributed by atoms with Crippen molar-refractivity contribution in [1.82, 2.24) is 0 Å². The molecular formula is C8H14ClNO2. The molecule has 0 bridgehead atoms. The molecule has 0 aromatic heterocycles. The van der Waals surface area contributed by atoms with Gasteiger partial charge in [0.25, 0.3) is 0 Å². The molecule has 0 radical (unpaired) electrons. The molecule has 1 N–H and O–H groups in total. The topological polar surface area (TPSA) is 50.2 Å². The van der Waals surface area contributed by atoms with Crippen molar-refractivity contribution in [2.24, 2.45) is 0 Å². The van der Waals surface area contributed by atoms with Gasteiger partial charge in [-0.3, -0.25) is 4.79 Å². The number of carbonyl (C=O) groups is 1. The maximum Gasteiger partial charge on any atom is 0.311 e. The largest absolute Gasteiger partial charge is 0.465 e. The fourth-order valence-electron chi connectivity index (χ4n) is 0.650. The van der Waals surface area contributed by atoms with Crippen molar-refractivity contribution in [2.75, 3.05) is 12.5 Å². The maximum absolute atomic E-state index is 10.8. The lowest BCUT2D eigenvalue weighted by Gasteiger charge is -2.02. The number of alkyl halides is 1. The molecule has 0 saturated heterocycles. The minimum atomic E-state index is -0.322. The van der Waals surface area contributed by atoms with Crippen molar-refractivity contribution >= 4 is 23.3 Å². The van der Waals surface area contributed by atoms with Crippen LogP contribution in [0.3, 0.4) is 0 Å². The average molecular weight is 192 g/mol. The number of hydrogen-bond acceptors (Lipinski definition) is 3. The van der Waals surface area contributed by atoms with E-state index in [0.717, 1.165) is 12.8 Å². The molecular weight excluding hydrogens is 178 g/mol. The van der Waals surface area contributed by atoms with E-state index in [1.54, 1.807) is 6.92 Å². The van der Waals surface area contributed by atoms with Crippen LogP contribution in [-0.2, 0) is 9.53 Å². The standard InChI is InChI=1S/C8H14ClNO2/c1-7(10)6-8(11)12-5-3-2-4-9/h10H,2-6H2,1H3. The monoisotopic (exact) mass is 191 g/mol. The smallest absolute Gasteiger partial charge is 0.311 e. The van der Waals surface area contributed by atoms with Crippen molar-refractivity contribution in [1.29, 1.82) is 5.41 Å². The third kappa shape index (κ3) is 7.54. The molecule has 3 nitrogen and oxygen atoms in total. The van der Waals surface area contributed by atoms with Crippen LogP contribution >= 0.6 is 11.6 Å². The van der Waals surface area contributed by atoms with Crippen LogP contribution in [0, 0.1) is 5.41 Å². The zero-order valence-electron chi connectivity index (χ0n) is 7.23. The van der Waals surface area contributed by atoms with Crippen LogP contribution in [0.4, 0.5) is 0 Å². The van der Waals surface area contributed by atoms with Crippen LogP contribution in [0.15, 0.2) is 0 Å². The van der Waals surface area contributed by atoms with Gasteiger partial charge in [0.15, 0.2) is 0 Å². The van der Waals surface area contributed by atoms with Crippen molar-refractivity contribution in [3.8, 4) is 0 Å². The van der Waals surface area contributed by atoms with E-state index in [1.165, 1.54) is 0 Å². The molecule has 0 aliphatic carbocycles. The second kappa shape index (κ2) is 7.10. The fraction of sp³-hybridized carbons (Fsp3) is 0.750. The Balaban J connectivity index is 3.26. The molecule has 12 heavy (non-hydrogen) atoms. The van der Waals surface area contributed by atoms with E-state index in [9.17, 15) is 4.79 Å². The summed E-state index contributed by atoms with van der Waals surface area (Å²) in [6.07, 6.45) is 1.76. The molecule has 0 aromatic carbocycles. The molecule has 0 atom stereocenters. The Bertz CT molecular complexity index is 159. The van der Waals surface area contributed by atoms with Crippen LogP contribution < -0.4 is 0 Å². The van der Waals surface area contributed by atoms with Gasteiger partial charge >= 0.3 is 5.97 Å². The molecule has 70 valence electrons. The Kier molecular flexibility index (Phi) is 6.76. The summed E-state index contributed by atoms with van der Waals surface area (Å²) in [4.78, 5) is 10.8. The minimum Gasteiger partial charge on any atom is -0.465 e. The number of ether oxygens (including phenoxy) is 1. The molecule has 0 aliphatic rings. The minimum absolute atomic E-state index is 0.0981. The van der Waals surface area contributed by atoms with Crippen LogP contribution in [0.1, 0.15) is 26.2 Å². The van der Waals surface area contributed by atoms with Crippen LogP contribution in [0.2, 0.25) is 0 Å². The Labute approximate surface area is 77.6 Å². The van der Waals surface area contributed by atoms with Crippen molar-refractivity contribution in [2.45, 2.75) is 26.2 Å². The highest BCUT2D eigenvalue weighted by atomic mass is 35.5. The summed E-state index contributed by atoms with van der Waals surface area (Å²) in [6, 6.07) is 0. The summed E-state index contributed by atoms with van der Waals surface area (Å²) in [5.74, 6) is 0.276. The van der Waals surface area contributed by atoms with E-state index in [0.29, 0.717) is 18.2 Å². The number of unbranched alkanes of at least 4 members (excludes halogenated alkanes) is 1. The number of hydrogen-bond donors (Lipinski definition) is 1. The first kappa shape index (κ1) is 11.4. The van der Waals surface area contributed by atoms with Gasteiger partial charge in [-0.15, -0.1) is 11.6 Å². The Hall–Kier alpha value is -0.570. The van der Waals surface area contributed by atoms with E-state index < -0.39 is 0 Å². The number of halogens is 1. The summed E-state index contributed by atoms with van der Waals surface area (Å²) in [7, 11) is 0. The van der Waals surface area contributed by atoms with E-state index in [1.807, 2.05) is 0 Å². The molecule has 0 fully saturated rings. The Morgan fingerprint density at radius 1 is 1.50 bits per heavy atom. The van der Waals surface area contributed by atoms with Gasteiger partial charge in [-0.2, -0.15) is 0 Å². The highest BCUT2D eigenvalue weighted by molar-refractivity contribution is 6.17. The Morgan fingerprint density at radius 3 is 2.67 bits per heavy atom. The first-order chi connectivity index (χ1) is 5.66. The van der Waals surface area contributed by atoms with E-state index in [-0.39, 0.29) is 12.4 Å². The molecule has 0 unspecified atom stereocenters. The molecule has 0 spiro atoms. The second-order valence-electron chi connectivity index (χ2n) is 2.57. The van der Waals surface area contributed by atoms with Crippen LogP contribution in [-0.4, -0.2) is 24.2 Å². The summed E-state index contributed by atoms with van der Waals surface area (Å²) in [5, 5.41) is 7.02. The van der Waals surface area contributed by atoms with Crippen LogP contribution in [0.5, 0.6) is 0 Å². The van der Waals surface area contributed by atoms with Crippen molar-refractivity contribution in [3.05, 3.63) is 0 Å². The first-order valence-electron chi connectivity index (χ1n) is 3.92. The van der Waals surface area contributed by atoms with Gasteiger partial charge in [-0.25, -0.2) is 0 Å². The van der Waals surface area contributed by atoms with Gasteiger partial charge in [0.2, 0.25) is 0 Å². The fourth-order valence-corrected chi connectivity index (χ4v) is 0.839. The predicted octanol–water partition coefficient (Wildman–Crippen LogP) is 1.98. The highest BCUT2D eigenvalue weighted by Gasteiger charge is 2.02. The van der Waals surface area contributed by atoms with Gasteiger partial charge in [-0.1, -0.05) is 0 Å². The molecule has 0 aliphatic heterocycles. The third-order valence-electron chi connectivity index (χ3n) is 1.20. The average Bonchev–Trinajstić information content (AvgIpc) is 1.97. The molecule has 0 saturated carbocycles. The number of nitrogens with one attached hydrogen (secondary N) is 1. The van der Waals surface area contributed by atoms with E-state index in [2.05, 4.69) is 0 Å². The molecule has 0 aromatic rings. The summed E-state index contributed by atoms with van der Waals surface area (Å²) < 4.78 is 4.82. The quantitative estimate of drug-likeness (QED) is 0.302. The summed E-state index contributed by atoms with van der Waals surface area (Å²) in [6.45, 7) is 2.00. The number of esters is 1. The van der Waals surface area contributed by atoms with Gasteiger partial charge in [0.1, 0.15) is 0 Å². The van der Waals surface area contributed by atoms with E-state index >= 15 is 0 Å². The molecule has 0 amide bonds. The zero-order chi connectivity index (χ0) is 9.40. The zero-order valence-corrected chi connectivity index (χ0v) is 7.99. The van der Waals surface area contributed by atoms with E-state index in [4.69, 9.17) is 21.7 Å². The lowest BCUT2D eigenvalue weighted by Crippen LogP contribution is -2.09. The van der Waals surface area contributed by atoms with Gasteiger partial charge in [0, 0.05) is 11.6 Å². The Morgan fingerprint density at radius 2 is 2.17 bits per heavy atom. The third-order valence-corrected chi connectivity index (χ3v) is 1.47. The van der Waals surface area contributed by atoms with Gasteiger partial charge in [-0.05, 0) is 19.8 Å². The normalized spacial score (nSPS) is 9.50. The van der Waals surface area contributed by atoms with Gasteiger partial charge < -0.3 is 10.1 Å². The van der Waals surface area contributed by atoms with Crippen molar-refractivity contribution < 1.29 is 9.53 Å². The SMILES string of the molecule is CC(=N)CC(=O)OCCCCCl. The number of rotatable bonds is 6. The lowest BCUT2D eigenvalue weighted by molar-refractivity contribution is -0.142. The molecule has 4 heteroatoms.